The summed E-state index contributed by atoms with van der Waals surface area (Å²) in [6.07, 6.45) is 5.21. The van der Waals surface area contributed by atoms with E-state index >= 15 is 0 Å². The van der Waals surface area contributed by atoms with E-state index in [1.165, 1.54) is 6.42 Å². The maximum atomic E-state index is 4.47. The molecule has 3 nitrogen and oxygen atoms in total. The highest BCUT2D eigenvalue weighted by molar-refractivity contribution is 5.43. The first-order valence-corrected chi connectivity index (χ1v) is 6.04. The number of rotatable bonds is 1. The Morgan fingerprint density at radius 2 is 1.88 bits per heavy atom. The molecule has 1 aliphatic heterocycles. The van der Waals surface area contributed by atoms with Gasteiger partial charge in [-0.15, -0.1) is 0 Å². The normalized spacial score (nSPS) is 21.5. The van der Waals surface area contributed by atoms with Crippen LogP contribution in [0.1, 0.15) is 39.9 Å². The minimum Gasteiger partial charge on any atom is -0.369 e. The average molecular weight is 219 g/mol. The zero-order valence-electron chi connectivity index (χ0n) is 10.7. The second-order valence-corrected chi connectivity index (χ2v) is 5.85. The number of aromatic nitrogens is 2. The first kappa shape index (κ1) is 11.4. The quantitative estimate of drug-likeness (QED) is 0.727. The van der Waals surface area contributed by atoms with Crippen molar-refractivity contribution in [3.05, 3.63) is 18.2 Å². The van der Waals surface area contributed by atoms with Crippen LogP contribution in [0, 0.1) is 5.92 Å². The van der Waals surface area contributed by atoms with Crippen molar-refractivity contribution < 1.29 is 0 Å². The smallest absolute Gasteiger partial charge is 0.133 e. The highest BCUT2D eigenvalue weighted by Crippen LogP contribution is 2.24. The molecule has 16 heavy (non-hydrogen) atoms. The van der Waals surface area contributed by atoms with Crippen molar-refractivity contribution in [3.63, 3.8) is 0 Å². The Morgan fingerprint density at radius 1 is 1.25 bits per heavy atom. The monoisotopic (exact) mass is 219 g/mol. The van der Waals surface area contributed by atoms with Crippen LogP contribution in [0.4, 0.5) is 5.69 Å². The molecule has 0 N–H and O–H groups in total. The molecule has 2 heterocycles. The third kappa shape index (κ3) is 2.34. The molecule has 1 aromatic heterocycles. The van der Waals surface area contributed by atoms with E-state index in [1.54, 1.807) is 0 Å². The fourth-order valence-corrected chi connectivity index (χ4v) is 2.04. The molecular weight excluding hydrogens is 198 g/mol. The molecule has 0 amide bonds. The first-order chi connectivity index (χ1) is 7.47. The predicted molar refractivity (Wildman–Crippen MR) is 66.7 cm³/mol. The Hall–Kier alpha value is -1.12. The topological polar surface area (TPSA) is 29.0 Å². The fraction of sp³-hybridized carbons (Fsp3) is 0.692. The average Bonchev–Trinajstić information content (AvgIpc) is 2.64. The second kappa shape index (κ2) is 4.04. The van der Waals surface area contributed by atoms with E-state index in [-0.39, 0.29) is 5.41 Å². The van der Waals surface area contributed by atoms with Crippen molar-refractivity contribution in [2.75, 3.05) is 18.0 Å². The number of hydrogen-bond donors (Lipinski definition) is 0. The highest BCUT2D eigenvalue weighted by atomic mass is 15.2. The van der Waals surface area contributed by atoms with E-state index in [1.807, 2.05) is 12.4 Å². The Labute approximate surface area is 97.9 Å². The summed E-state index contributed by atoms with van der Waals surface area (Å²) in [6.45, 7) is 11.0. The van der Waals surface area contributed by atoms with Gasteiger partial charge in [-0.25, -0.2) is 9.97 Å². The molecule has 88 valence electrons. The molecule has 0 spiro atoms. The van der Waals surface area contributed by atoms with E-state index in [4.69, 9.17) is 0 Å². The minimum atomic E-state index is 0.0385. The minimum absolute atomic E-state index is 0.0385. The molecule has 0 saturated carbocycles. The van der Waals surface area contributed by atoms with Gasteiger partial charge in [0.15, 0.2) is 0 Å². The molecule has 2 rings (SSSR count). The van der Waals surface area contributed by atoms with Gasteiger partial charge in [0.1, 0.15) is 5.82 Å². The van der Waals surface area contributed by atoms with Gasteiger partial charge in [0.25, 0.3) is 0 Å². The molecule has 1 saturated heterocycles. The standard InChI is InChI=1S/C13H21N3/c1-10-5-6-16(9-10)11-7-14-12(15-8-11)13(2,3)4/h7-8,10H,5-6,9H2,1-4H3. The van der Waals surface area contributed by atoms with Crippen molar-refractivity contribution >= 4 is 5.69 Å². The molecule has 3 heteroatoms. The van der Waals surface area contributed by atoms with Gasteiger partial charge in [-0.3, -0.25) is 0 Å². The van der Waals surface area contributed by atoms with Crippen molar-refractivity contribution in [1.82, 2.24) is 9.97 Å². The van der Waals surface area contributed by atoms with E-state index in [9.17, 15) is 0 Å². The van der Waals surface area contributed by atoms with E-state index < -0.39 is 0 Å². The maximum Gasteiger partial charge on any atom is 0.133 e. The van der Waals surface area contributed by atoms with Crippen molar-refractivity contribution in [2.45, 2.75) is 39.5 Å². The molecule has 1 unspecified atom stereocenters. The molecule has 1 atom stereocenters. The van der Waals surface area contributed by atoms with E-state index in [2.05, 4.69) is 42.6 Å². The summed E-state index contributed by atoms with van der Waals surface area (Å²) in [6, 6.07) is 0. The van der Waals surface area contributed by atoms with Crippen LogP contribution < -0.4 is 4.90 Å². The summed E-state index contributed by atoms with van der Waals surface area (Å²) >= 11 is 0. The van der Waals surface area contributed by atoms with Crippen LogP contribution in [-0.2, 0) is 5.41 Å². The van der Waals surface area contributed by atoms with Gasteiger partial charge in [-0.2, -0.15) is 0 Å². The van der Waals surface area contributed by atoms with Gasteiger partial charge >= 0.3 is 0 Å². The zero-order valence-corrected chi connectivity index (χ0v) is 10.7. The number of nitrogens with zero attached hydrogens (tertiary/aromatic N) is 3. The van der Waals surface area contributed by atoms with Crippen LogP contribution in [0.3, 0.4) is 0 Å². The summed E-state index contributed by atoms with van der Waals surface area (Å²) in [7, 11) is 0. The lowest BCUT2D eigenvalue weighted by atomic mass is 9.96. The number of hydrogen-bond acceptors (Lipinski definition) is 3. The van der Waals surface area contributed by atoms with Crippen LogP contribution in [0.2, 0.25) is 0 Å². The van der Waals surface area contributed by atoms with Gasteiger partial charge in [0.2, 0.25) is 0 Å². The third-order valence-corrected chi connectivity index (χ3v) is 3.10. The number of anilines is 1. The molecular formula is C13H21N3. The van der Waals surface area contributed by atoms with E-state index in [0.29, 0.717) is 0 Å². The van der Waals surface area contributed by atoms with Crippen LogP contribution in [-0.4, -0.2) is 23.1 Å². The van der Waals surface area contributed by atoms with Gasteiger partial charge in [-0.05, 0) is 12.3 Å². The van der Waals surface area contributed by atoms with Gasteiger partial charge < -0.3 is 4.90 Å². The maximum absolute atomic E-state index is 4.47. The molecule has 1 aliphatic rings. The largest absolute Gasteiger partial charge is 0.369 e. The van der Waals surface area contributed by atoms with Gasteiger partial charge in [0.05, 0.1) is 18.1 Å². The summed E-state index contributed by atoms with van der Waals surface area (Å²) in [4.78, 5) is 11.3. The Balaban J connectivity index is 2.14. The van der Waals surface area contributed by atoms with Crippen LogP contribution >= 0.6 is 0 Å². The zero-order chi connectivity index (χ0) is 11.8. The Bertz CT molecular complexity index is 350. The molecule has 0 aliphatic carbocycles. The van der Waals surface area contributed by atoms with Crippen LogP contribution in [0.5, 0.6) is 0 Å². The SMILES string of the molecule is CC1CCN(c2cnc(C(C)(C)C)nc2)C1. The summed E-state index contributed by atoms with van der Waals surface area (Å²) in [5.41, 5.74) is 1.20. The molecule has 0 bridgehead atoms. The summed E-state index contributed by atoms with van der Waals surface area (Å²) in [5, 5.41) is 0. The third-order valence-electron chi connectivity index (χ3n) is 3.10. The summed E-state index contributed by atoms with van der Waals surface area (Å²) < 4.78 is 0. The lowest BCUT2D eigenvalue weighted by Crippen LogP contribution is -2.21. The predicted octanol–water partition coefficient (Wildman–Crippen LogP) is 2.62. The molecule has 0 radical (unpaired) electrons. The summed E-state index contributed by atoms with van der Waals surface area (Å²) in [5.74, 6) is 1.71. The molecule has 1 aromatic rings. The Kier molecular flexibility index (Phi) is 2.87. The van der Waals surface area contributed by atoms with Crippen molar-refractivity contribution in [2.24, 2.45) is 5.92 Å². The van der Waals surface area contributed by atoms with Gasteiger partial charge in [0, 0.05) is 18.5 Å². The lowest BCUT2D eigenvalue weighted by Gasteiger charge is -2.20. The second-order valence-electron chi connectivity index (χ2n) is 5.85. The van der Waals surface area contributed by atoms with Crippen molar-refractivity contribution in [3.8, 4) is 0 Å². The first-order valence-electron chi connectivity index (χ1n) is 6.04. The Morgan fingerprint density at radius 3 is 2.31 bits per heavy atom. The van der Waals surface area contributed by atoms with E-state index in [0.717, 1.165) is 30.5 Å². The highest BCUT2D eigenvalue weighted by Gasteiger charge is 2.21. The van der Waals surface area contributed by atoms with Crippen molar-refractivity contribution in [1.29, 1.82) is 0 Å². The molecule has 1 fully saturated rings. The van der Waals surface area contributed by atoms with Crippen LogP contribution in [0.15, 0.2) is 12.4 Å². The van der Waals surface area contributed by atoms with Gasteiger partial charge in [-0.1, -0.05) is 27.7 Å². The van der Waals surface area contributed by atoms with Crippen LogP contribution in [0.25, 0.3) is 0 Å². The molecule has 0 aromatic carbocycles. The lowest BCUT2D eigenvalue weighted by molar-refractivity contribution is 0.545. The fourth-order valence-electron chi connectivity index (χ4n) is 2.04.